The van der Waals surface area contributed by atoms with Gasteiger partial charge in [-0.1, -0.05) is 73.7 Å². The number of unbranched alkanes of at least 4 members (excludes halogenated alkanes) is 1. The Morgan fingerprint density at radius 3 is 2.76 bits per heavy atom. The molecule has 0 spiro atoms. The number of carbonyl (C=O) groups excluding carboxylic acids is 1. The fourth-order valence-corrected chi connectivity index (χ4v) is 4.69. The van der Waals surface area contributed by atoms with Crippen molar-refractivity contribution in [2.45, 2.75) is 19.8 Å². The Hall–Kier alpha value is -3.16. The molecule has 5 nitrogen and oxygen atoms in total. The van der Waals surface area contributed by atoms with Crippen LogP contribution in [-0.4, -0.2) is 38.1 Å². The minimum Gasteiger partial charge on any atom is -0.494 e. The normalized spacial score (nSPS) is 14.8. The Labute approximate surface area is 203 Å². The molecule has 0 bridgehead atoms. The molecule has 2 heterocycles. The molecule has 1 aromatic heterocycles. The van der Waals surface area contributed by atoms with Crippen LogP contribution in [0.5, 0.6) is 5.75 Å². The molecule has 3 aromatic rings. The number of ether oxygens (including phenoxy) is 1. The van der Waals surface area contributed by atoms with Gasteiger partial charge in [0.1, 0.15) is 15.8 Å². The molecule has 1 aliphatic heterocycles. The summed E-state index contributed by atoms with van der Waals surface area (Å²) in [5.74, 6) is 0.693. The third-order valence-electron chi connectivity index (χ3n) is 5.11. The summed E-state index contributed by atoms with van der Waals surface area (Å²) in [6, 6.07) is 17.8. The van der Waals surface area contributed by atoms with Crippen LogP contribution in [0.15, 0.2) is 78.4 Å². The number of aromatic nitrogens is 2. The molecule has 0 atom stereocenters. The molecule has 1 amide bonds. The third-order valence-corrected chi connectivity index (χ3v) is 6.49. The number of benzene rings is 2. The lowest BCUT2D eigenvalue weighted by Crippen LogP contribution is -2.27. The van der Waals surface area contributed by atoms with E-state index in [1.54, 1.807) is 11.0 Å². The molecular weight excluding hydrogens is 450 g/mol. The molecule has 2 aromatic carbocycles. The van der Waals surface area contributed by atoms with E-state index in [4.69, 9.17) is 22.1 Å². The average Bonchev–Trinajstić information content (AvgIpc) is 3.37. The SMILES string of the molecule is C=CCN1C(=O)/C(=C/c2cn(-c3ccccc3)nc2-c2cccc(OCCCC)c2)SC1=S. The Morgan fingerprint density at radius 1 is 1.18 bits per heavy atom. The second-order valence-electron chi connectivity index (χ2n) is 7.52. The number of amides is 1. The van der Waals surface area contributed by atoms with Gasteiger partial charge >= 0.3 is 0 Å². The van der Waals surface area contributed by atoms with E-state index in [0.29, 0.717) is 22.4 Å². The van der Waals surface area contributed by atoms with E-state index >= 15 is 0 Å². The zero-order chi connectivity index (χ0) is 23.2. The minimum absolute atomic E-state index is 0.111. The minimum atomic E-state index is -0.111. The fraction of sp³-hybridized carbons (Fsp3) is 0.192. The lowest BCUT2D eigenvalue weighted by Gasteiger charge is -2.10. The highest BCUT2D eigenvalue weighted by Gasteiger charge is 2.31. The molecule has 0 unspecified atom stereocenters. The third kappa shape index (κ3) is 5.26. The van der Waals surface area contributed by atoms with Gasteiger partial charge in [-0.15, -0.1) is 6.58 Å². The van der Waals surface area contributed by atoms with Crippen molar-refractivity contribution in [1.82, 2.24) is 14.7 Å². The van der Waals surface area contributed by atoms with E-state index in [9.17, 15) is 4.79 Å². The van der Waals surface area contributed by atoms with E-state index in [0.717, 1.165) is 41.1 Å². The molecular formula is C26H25N3O2S2. The summed E-state index contributed by atoms with van der Waals surface area (Å²) in [4.78, 5) is 15.0. The molecule has 0 aliphatic carbocycles. The van der Waals surface area contributed by atoms with Gasteiger partial charge in [-0.2, -0.15) is 5.10 Å². The van der Waals surface area contributed by atoms with Crippen LogP contribution in [0.2, 0.25) is 0 Å². The monoisotopic (exact) mass is 475 g/mol. The van der Waals surface area contributed by atoms with Crippen molar-refractivity contribution >= 4 is 40.3 Å². The lowest BCUT2D eigenvalue weighted by molar-refractivity contribution is -0.121. The topological polar surface area (TPSA) is 47.4 Å². The highest BCUT2D eigenvalue weighted by atomic mass is 32.2. The van der Waals surface area contributed by atoms with Crippen LogP contribution in [0.3, 0.4) is 0 Å². The molecule has 33 heavy (non-hydrogen) atoms. The van der Waals surface area contributed by atoms with E-state index in [-0.39, 0.29) is 5.91 Å². The first-order valence-electron chi connectivity index (χ1n) is 10.8. The average molecular weight is 476 g/mol. The molecule has 0 N–H and O–H groups in total. The van der Waals surface area contributed by atoms with Crippen molar-refractivity contribution in [2.75, 3.05) is 13.2 Å². The summed E-state index contributed by atoms with van der Waals surface area (Å²) in [5.41, 5.74) is 3.47. The maximum Gasteiger partial charge on any atom is 0.266 e. The van der Waals surface area contributed by atoms with E-state index in [1.165, 1.54) is 11.8 Å². The number of carbonyl (C=O) groups is 1. The highest BCUT2D eigenvalue weighted by Crippen LogP contribution is 2.35. The zero-order valence-corrected chi connectivity index (χ0v) is 20.1. The van der Waals surface area contributed by atoms with Gasteiger partial charge < -0.3 is 4.74 Å². The second kappa shape index (κ2) is 10.6. The Bertz CT molecular complexity index is 1200. The largest absolute Gasteiger partial charge is 0.494 e. The maximum atomic E-state index is 12.9. The highest BCUT2D eigenvalue weighted by molar-refractivity contribution is 8.26. The van der Waals surface area contributed by atoms with Gasteiger partial charge in [0.15, 0.2) is 0 Å². The van der Waals surface area contributed by atoms with Gasteiger partial charge in [0.2, 0.25) is 0 Å². The van der Waals surface area contributed by atoms with Crippen LogP contribution < -0.4 is 4.74 Å². The maximum absolute atomic E-state index is 12.9. The van der Waals surface area contributed by atoms with E-state index < -0.39 is 0 Å². The van der Waals surface area contributed by atoms with E-state index in [2.05, 4.69) is 13.5 Å². The number of hydrogen-bond acceptors (Lipinski definition) is 5. The second-order valence-corrected chi connectivity index (χ2v) is 9.20. The van der Waals surface area contributed by atoms with Gasteiger partial charge in [-0.05, 0) is 36.8 Å². The van der Waals surface area contributed by atoms with Gasteiger partial charge in [0, 0.05) is 23.9 Å². The Kier molecular flexibility index (Phi) is 7.42. The first kappa shape index (κ1) is 23.0. The summed E-state index contributed by atoms with van der Waals surface area (Å²) in [6.07, 6.45) is 7.57. The van der Waals surface area contributed by atoms with Crippen molar-refractivity contribution < 1.29 is 9.53 Å². The number of rotatable bonds is 9. The summed E-state index contributed by atoms with van der Waals surface area (Å²) in [5, 5.41) is 4.86. The Balaban J connectivity index is 1.75. The van der Waals surface area contributed by atoms with Crippen LogP contribution in [0.1, 0.15) is 25.3 Å². The number of thioether (sulfide) groups is 1. The van der Waals surface area contributed by atoms with Crippen LogP contribution in [0, 0.1) is 0 Å². The van der Waals surface area contributed by atoms with Crippen LogP contribution in [0.4, 0.5) is 0 Å². The van der Waals surface area contributed by atoms with Crippen molar-refractivity contribution in [2.24, 2.45) is 0 Å². The number of thiocarbonyl (C=S) groups is 1. The predicted molar refractivity (Wildman–Crippen MR) is 139 cm³/mol. The summed E-state index contributed by atoms with van der Waals surface area (Å²) in [7, 11) is 0. The first-order chi connectivity index (χ1) is 16.1. The summed E-state index contributed by atoms with van der Waals surface area (Å²) >= 11 is 6.70. The molecule has 7 heteroatoms. The fourth-order valence-electron chi connectivity index (χ4n) is 3.43. The van der Waals surface area contributed by atoms with Crippen molar-refractivity contribution in [1.29, 1.82) is 0 Å². The quantitative estimate of drug-likeness (QED) is 0.162. The molecule has 0 radical (unpaired) electrons. The molecule has 1 fully saturated rings. The lowest BCUT2D eigenvalue weighted by atomic mass is 10.1. The molecule has 4 rings (SSSR count). The number of hydrogen-bond donors (Lipinski definition) is 0. The van der Waals surface area contributed by atoms with Gasteiger partial charge in [0.25, 0.3) is 5.91 Å². The van der Waals surface area contributed by atoms with Crippen LogP contribution in [0.25, 0.3) is 23.0 Å². The zero-order valence-electron chi connectivity index (χ0n) is 18.4. The van der Waals surface area contributed by atoms with Crippen molar-refractivity contribution in [3.8, 4) is 22.7 Å². The molecule has 0 saturated carbocycles. The predicted octanol–water partition coefficient (Wildman–Crippen LogP) is 6.11. The van der Waals surface area contributed by atoms with Crippen LogP contribution in [-0.2, 0) is 4.79 Å². The van der Waals surface area contributed by atoms with Crippen LogP contribution >= 0.6 is 24.0 Å². The van der Waals surface area contributed by atoms with Crippen molar-refractivity contribution in [3.63, 3.8) is 0 Å². The Morgan fingerprint density at radius 2 is 2.00 bits per heavy atom. The molecule has 1 aliphatic rings. The van der Waals surface area contributed by atoms with Crippen molar-refractivity contribution in [3.05, 3.63) is 83.9 Å². The number of nitrogens with zero attached hydrogens (tertiary/aromatic N) is 3. The molecule has 1 saturated heterocycles. The number of para-hydroxylation sites is 1. The van der Waals surface area contributed by atoms with Gasteiger partial charge in [0.05, 0.1) is 17.2 Å². The van der Waals surface area contributed by atoms with E-state index in [1.807, 2.05) is 71.6 Å². The first-order valence-corrected chi connectivity index (χ1v) is 12.1. The standard InChI is InChI=1S/C26H25N3O2S2/c1-3-5-15-31-22-13-9-10-19(16-22)24-20(18-29(27-24)21-11-7-6-8-12-21)17-23-25(30)28(14-4-2)26(32)33-23/h4,6-13,16-18H,2-3,5,14-15H2,1H3/b23-17-. The summed E-state index contributed by atoms with van der Waals surface area (Å²) < 4.78 is 8.27. The smallest absolute Gasteiger partial charge is 0.266 e. The van der Waals surface area contributed by atoms with Gasteiger partial charge in [-0.3, -0.25) is 9.69 Å². The molecule has 168 valence electrons. The summed E-state index contributed by atoms with van der Waals surface area (Å²) in [6.45, 7) is 6.93. The van der Waals surface area contributed by atoms with Gasteiger partial charge in [-0.25, -0.2) is 4.68 Å².